The normalized spacial score (nSPS) is 11.3. The van der Waals surface area contributed by atoms with Crippen molar-refractivity contribution in [2.75, 3.05) is 36.8 Å². The van der Waals surface area contributed by atoms with E-state index in [1.807, 2.05) is 0 Å². The van der Waals surface area contributed by atoms with E-state index in [1.165, 1.54) is 37.2 Å². The Hall–Kier alpha value is -3.74. The van der Waals surface area contributed by atoms with Crippen molar-refractivity contribution in [1.29, 1.82) is 0 Å². The van der Waals surface area contributed by atoms with Crippen LogP contribution in [0.25, 0.3) is 10.9 Å². The highest BCUT2D eigenvalue weighted by Crippen LogP contribution is 2.33. The molecule has 13 heteroatoms. The van der Waals surface area contributed by atoms with Crippen molar-refractivity contribution in [1.82, 2.24) is 19.5 Å². The lowest BCUT2D eigenvalue weighted by atomic mass is 10.2. The summed E-state index contributed by atoms with van der Waals surface area (Å²) in [6.07, 6.45) is 3.93. The summed E-state index contributed by atoms with van der Waals surface area (Å²) in [5.41, 5.74) is 5.32. The predicted octanol–water partition coefficient (Wildman–Crippen LogP) is 0.380. The summed E-state index contributed by atoms with van der Waals surface area (Å²) >= 11 is 0. The van der Waals surface area contributed by atoms with Crippen LogP contribution in [-0.2, 0) is 16.9 Å². The molecule has 1 aromatic carbocycles. The molecule has 0 spiro atoms. The topological polar surface area (TPSA) is 168 Å². The van der Waals surface area contributed by atoms with E-state index < -0.39 is 21.3 Å². The summed E-state index contributed by atoms with van der Waals surface area (Å²) in [7, 11) is -0.251. The number of carbonyl (C=O) groups excluding carboxylic acids is 1. The van der Waals surface area contributed by atoms with Gasteiger partial charge in [0, 0.05) is 25.7 Å². The molecule has 0 saturated heterocycles. The van der Waals surface area contributed by atoms with Crippen LogP contribution in [0.15, 0.2) is 29.3 Å². The Morgan fingerprint density at radius 3 is 2.56 bits per heavy atom. The van der Waals surface area contributed by atoms with Gasteiger partial charge in [0.2, 0.25) is 11.9 Å². The van der Waals surface area contributed by atoms with Crippen LogP contribution in [0.4, 0.5) is 11.9 Å². The van der Waals surface area contributed by atoms with E-state index in [2.05, 4.69) is 20.3 Å². The number of fused-ring (bicyclic) bond motifs is 1. The smallest absolute Gasteiger partial charge is 0.262 e. The van der Waals surface area contributed by atoms with Crippen LogP contribution in [0.1, 0.15) is 16.8 Å². The van der Waals surface area contributed by atoms with Gasteiger partial charge < -0.3 is 15.2 Å². The predicted molar refractivity (Wildman–Crippen MR) is 118 cm³/mol. The number of amides is 1. The van der Waals surface area contributed by atoms with E-state index in [0.29, 0.717) is 5.75 Å². The first-order chi connectivity index (χ1) is 15.1. The number of aromatic nitrogens is 4. The SMILES string of the molecule is COc1c(OCCCS(C)(=O)=O)ccc2c(=O)n(C)c(NC(=O)c3cnc(N)nc3)nc12. The van der Waals surface area contributed by atoms with Crippen molar-refractivity contribution in [3.8, 4) is 11.5 Å². The molecule has 0 unspecified atom stereocenters. The standard InChI is InChI=1S/C19H22N6O6S/c1-25-17(27)12-5-6-13(31-7-4-8-32(3,28)29)15(30-2)14(12)23-19(25)24-16(26)11-9-21-18(20)22-10-11/h5-6,9-10H,4,7-8H2,1-3H3,(H2,20,21,22)(H,23,24,26). The molecule has 3 rings (SSSR count). The summed E-state index contributed by atoms with van der Waals surface area (Å²) in [6, 6.07) is 3.08. The molecule has 2 aromatic heterocycles. The van der Waals surface area contributed by atoms with Crippen LogP contribution in [0, 0.1) is 0 Å². The number of rotatable bonds is 8. The van der Waals surface area contributed by atoms with Crippen LogP contribution in [0.5, 0.6) is 11.5 Å². The number of benzene rings is 1. The Labute approximate surface area is 183 Å². The Balaban J connectivity index is 1.94. The van der Waals surface area contributed by atoms with E-state index in [9.17, 15) is 18.0 Å². The van der Waals surface area contributed by atoms with Crippen molar-refractivity contribution >= 4 is 38.5 Å². The third-order valence-corrected chi connectivity index (χ3v) is 5.48. The molecule has 12 nitrogen and oxygen atoms in total. The van der Waals surface area contributed by atoms with Gasteiger partial charge in [-0.25, -0.2) is 23.4 Å². The Morgan fingerprint density at radius 1 is 1.25 bits per heavy atom. The van der Waals surface area contributed by atoms with Crippen LogP contribution in [0.3, 0.4) is 0 Å². The average Bonchev–Trinajstić information content (AvgIpc) is 2.74. The quantitative estimate of drug-likeness (QED) is 0.446. The second-order valence-electron chi connectivity index (χ2n) is 6.91. The molecule has 0 aliphatic heterocycles. The summed E-state index contributed by atoms with van der Waals surface area (Å²) < 4.78 is 34.8. The molecule has 1 amide bonds. The first kappa shape index (κ1) is 22.9. The minimum absolute atomic E-state index is 0.0200. The van der Waals surface area contributed by atoms with Crippen LogP contribution in [-0.4, -0.2) is 59.6 Å². The maximum atomic E-state index is 12.8. The van der Waals surface area contributed by atoms with Crippen LogP contribution in [0.2, 0.25) is 0 Å². The molecule has 0 atom stereocenters. The zero-order valence-corrected chi connectivity index (χ0v) is 18.5. The van der Waals surface area contributed by atoms with Crippen molar-refractivity contribution in [3.63, 3.8) is 0 Å². The van der Waals surface area contributed by atoms with Crippen molar-refractivity contribution in [2.24, 2.45) is 7.05 Å². The number of anilines is 2. The second-order valence-corrected chi connectivity index (χ2v) is 9.17. The Bertz CT molecular complexity index is 1320. The number of sulfone groups is 1. The number of nitrogen functional groups attached to an aromatic ring is 1. The van der Waals surface area contributed by atoms with E-state index in [-0.39, 0.29) is 52.9 Å². The summed E-state index contributed by atoms with van der Waals surface area (Å²) in [5.74, 6) is -0.140. The largest absolute Gasteiger partial charge is 0.491 e. The molecular weight excluding hydrogens is 440 g/mol. The molecule has 3 N–H and O–H groups in total. The lowest BCUT2D eigenvalue weighted by molar-refractivity contribution is 0.102. The summed E-state index contributed by atoms with van der Waals surface area (Å²) in [5, 5.41) is 2.80. The second kappa shape index (κ2) is 9.18. The fourth-order valence-corrected chi connectivity index (χ4v) is 3.49. The molecule has 3 aromatic rings. The van der Waals surface area contributed by atoms with Crippen molar-refractivity contribution < 1.29 is 22.7 Å². The highest BCUT2D eigenvalue weighted by atomic mass is 32.2. The molecule has 32 heavy (non-hydrogen) atoms. The van der Waals surface area contributed by atoms with Gasteiger partial charge in [0.05, 0.1) is 30.4 Å². The lowest BCUT2D eigenvalue weighted by Gasteiger charge is -2.15. The molecule has 0 fully saturated rings. The molecule has 170 valence electrons. The molecule has 0 radical (unpaired) electrons. The first-order valence-corrected chi connectivity index (χ1v) is 11.4. The van der Waals surface area contributed by atoms with E-state index in [0.717, 1.165) is 6.26 Å². The third-order valence-electron chi connectivity index (χ3n) is 4.45. The number of ether oxygens (including phenoxy) is 2. The monoisotopic (exact) mass is 462 g/mol. The minimum atomic E-state index is -3.11. The minimum Gasteiger partial charge on any atom is -0.491 e. The summed E-state index contributed by atoms with van der Waals surface area (Å²) in [6.45, 7) is 0.126. The van der Waals surface area contributed by atoms with Crippen molar-refractivity contribution in [3.05, 3.63) is 40.4 Å². The fraction of sp³-hybridized carbons (Fsp3) is 0.316. The van der Waals surface area contributed by atoms with Gasteiger partial charge in [0.1, 0.15) is 15.4 Å². The van der Waals surface area contributed by atoms with Crippen molar-refractivity contribution in [2.45, 2.75) is 6.42 Å². The molecule has 0 saturated carbocycles. The van der Waals surface area contributed by atoms with Gasteiger partial charge in [0.15, 0.2) is 11.5 Å². The Morgan fingerprint density at radius 2 is 1.94 bits per heavy atom. The van der Waals surface area contributed by atoms with Gasteiger partial charge in [0.25, 0.3) is 11.5 Å². The van der Waals surface area contributed by atoms with E-state index in [1.54, 1.807) is 6.07 Å². The number of nitrogens with two attached hydrogens (primary N) is 1. The van der Waals surface area contributed by atoms with Gasteiger partial charge in [-0.1, -0.05) is 0 Å². The Kier molecular flexibility index (Phi) is 6.58. The number of nitrogens with one attached hydrogen (secondary N) is 1. The molecule has 0 bridgehead atoms. The first-order valence-electron chi connectivity index (χ1n) is 9.38. The number of nitrogens with zero attached hydrogens (tertiary/aromatic N) is 4. The molecular formula is C19H22N6O6S. The van der Waals surface area contributed by atoms with E-state index in [4.69, 9.17) is 15.2 Å². The summed E-state index contributed by atoms with van der Waals surface area (Å²) in [4.78, 5) is 37.2. The number of hydrogen-bond acceptors (Lipinski definition) is 10. The highest BCUT2D eigenvalue weighted by molar-refractivity contribution is 7.90. The number of carbonyl (C=O) groups is 1. The maximum Gasteiger partial charge on any atom is 0.262 e. The zero-order valence-electron chi connectivity index (χ0n) is 17.7. The third kappa shape index (κ3) is 5.11. The van der Waals surface area contributed by atoms with Gasteiger partial charge in [-0.15, -0.1) is 0 Å². The maximum absolute atomic E-state index is 12.8. The molecule has 0 aliphatic carbocycles. The van der Waals surface area contributed by atoms with Gasteiger partial charge in [-0.2, -0.15) is 0 Å². The lowest BCUT2D eigenvalue weighted by Crippen LogP contribution is -2.25. The number of methoxy groups -OCH3 is 1. The van der Waals surface area contributed by atoms with E-state index >= 15 is 0 Å². The van der Waals surface area contributed by atoms with Gasteiger partial charge >= 0.3 is 0 Å². The molecule has 2 heterocycles. The van der Waals surface area contributed by atoms with Crippen LogP contribution < -0.4 is 26.1 Å². The fourth-order valence-electron chi connectivity index (χ4n) is 2.85. The molecule has 0 aliphatic rings. The van der Waals surface area contributed by atoms with Crippen LogP contribution >= 0.6 is 0 Å². The number of hydrogen-bond donors (Lipinski definition) is 2. The average molecular weight is 462 g/mol. The van der Waals surface area contributed by atoms with Gasteiger partial charge in [-0.3, -0.25) is 19.5 Å². The van der Waals surface area contributed by atoms with Gasteiger partial charge in [-0.05, 0) is 18.6 Å². The zero-order chi connectivity index (χ0) is 23.5. The highest BCUT2D eigenvalue weighted by Gasteiger charge is 2.18.